The number of halogens is 3. The van der Waals surface area contributed by atoms with Crippen molar-refractivity contribution < 1.29 is 18.6 Å². The van der Waals surface area contributed by atoms with Gasteiger partial charge in [-0.25, -0.2) is 4.39 Å². The molecule has 1 saturated heterocycles. The number of ether oxygens (including phenoxy) is 3. The molecule has 1 aliphatic rings. The van der Waals surface area contributed by atoms with E-state index in [0.29, 0.717) is 35.2 Å². The van der Waals surface area contributed by atoms with Crippen molar-refractivity contribution in [3.05, 3.63) is 81.0 Å². The summed E-state index contributed by atoms with van der Waals surface area (Å²) in [4.78, 5) is 2.33. The molecule has 0 aromatic heterocycles. The monoisotopic (exact) mass is 548 g/mol. The molecule has 34 heavy (non-hydrogen) atoms. The highest BCUT2D eigenvalue weighted by Crippen LogP contribution is 2.38. The Balaban J connectivity index is 1.43. The Labute approximate surface area is 212 Å². The predicted octanol–water partition coefficient (Wildman–Crippen LogP) is 6.67. The molecular formula is C26H27BrClFN2O3. The van der Waals surface area contributed by atoms with Crippen molar-refractivity contribution in [2.24, 2.45) is 0 Å². The molecule has 180 valence electrons. The fourth-order valence-electron chi connectivity index (χ4n) is 3.76. The molecule has 3 aromatic rings. The molecule has 4 rings (SSSR count). The SMILES string of the molecule is CCOc1cc(CNc2ccc(N3CCOCC3)cc2)cc(Br)c1OCc1c(F)cccc1Cl. The summed E-state index contributed by atoms with van der Waals surface area (Å²) in [6.07, 6.45) is 0. The molecule has 3 aromatic carbocycles. The lowest BCUT2D eigenvalue weighted by Gasteiger charge is -2.29. The largest absolute Gasteiger partial charge is 0.490 e. The number of nitrogens with one attached hydrogen (secondary N) is 1. The molecular weight excluding hydrogens is 523 g/mol. The van der Waals surface area contributed by atoms with Gasteiger partial charge in [0.15, 0.2) is 11.5 Å². The summed E-state index contributed by atoms with van der Waals surface area (Å²) in [6, 6.07) is 16.9. The number of anilines is 2. The van der Waals surface area contributed by atoms with Gasteiger partial charge in [0.25, 0.3) is 0 Å². The van der Waals surface area contributed by atoms with E-state index in [4.69, 9.17) is 25.8 Å². The second-order valence-corrected chi connectivity index (χ2v) is 9.09. The smallest absolute Gasteiger partial charge is 0.175 e. The van der Waals surface area contributed by atoms with Crippen LogP contribution in [0.5, 0.6) is 11.5 Å². The first-order chi connectivity index (χ1) is 16.5. The molecule has 0 amide bonds. The molecule has 0 saturated carbocycles. The minimum Gasteiger partial charge on any atom is -0.490 e. The fraction of sp³-hybridized carbons (Fsp3) is 0.308. The summed E-state index contributed by atoms with van der Waals surface area (Å²) < 4.78 is 32.0. The molecule has 0 atom stereocenters. The van der Waals surface area contributed by atoms with Gasteiger partial charge in [0.2, 0.25) is 0 Å². The van der Waals surface area contributed by atoms with Gasteiger partial charge in [0.1, 0.15) is 12.4 Å². The number of hydrogen-bond acceptors (Lipinski definition) is 5. The van der Waals surface area contributed by atoms with Crippen LogP contribution in [0.15, 0.2) is 59.1 Å². The van der Waals surface area contributed by atoms with Gasteiger partial charge in [-0.05, 0) is 76.9 Å². The van der Waals surface area contributed by atoms with Crippen molar-refractivity contribution in [3.63, 3.8) is 0 Å². The van der Waals surface area contributed by atoms with Crippen LogP contribution in [0.3, 0.4) is 0 Å². The average molecular weight is 550 g/mol. The Hall–Kier alpha value is -2.48. The van der Waals surface area contributed by atoms with Crippen LogP contribution in [0, 0.1) is 5.82 Å². The summed E-state index contributed by atoms with van der Waals surface area (Å²) >= 11 is 9.72. The van der Waals surface area contributed by atoms with E-state index in [1.165, 1.54) is 11.8 Å². The van der Waals surface area contributed by atoms with Crippen LogP contribution in [-0.2, 0) is 17.9 Å². The van der Waals surface area contributed by atoms with Crippen LogP contribution in [0.4, 0.5) is 15.8 Å². The highest BCUT2D eigenvalue weighted by molar-refractivity contribution is 9.10. The molecule has 0 radical (unpaired) electrons. The van der Waals surface area contributed by atoms with E-state index >= 15 is 0 Å². The second kappa shape index (κ2) is 11.8. The molecule has 1 aliphatic heterocycles. The summed E-state index contributed by atoms with van der Waals surface area (Å²) in [7, 11) is 0. The molecule has 0 bridgehead atoms. The van der Waals surface area contributed by atoms with E-state index in [0.717, 1.165) is 42.0 Å². The zero-order valence-electron chi connectivity index (χ0n) is 19.0. The maximum atomic E-state index is 14.1. The summed E-state index contributed by atoms with van der Waals surface area (Å²) in [6.45, 7) is 6.35. The van der Waals surface area contributed by atoms with Crippen LogP contribution in [-0.4, -0.2) is 32.9 Å². The first kappa shape index (κ1) is 24.6. The lowest BCUT2D eigenvalue weighted by molar-refractivity contribution is 0.122. The summed E-state index contributed by atoms with van der Waals surface area (Å²) in [5, 5.41) is 3.78. The van der Waals surface area contributed by atoms with Gasteiger partial charge in [-0.3, -0.25) is 0 Å². The zero-order chi connectivity index (χ0) is 23.9. The molecule has 5 nitrogen and oxygen atoms in total. The summed E-state index contributed by atoms with van der Waals surface area (Å²) in [5.74, 6) is 0.700. The number of rotatable bonds is 9. The molecule has 0 spiro atoms. The number of benzene rings is 3. The maximum absolute atomic E-state index is 14.1. The number of morpholine rings is 1. The van der Waals surface area contributed by atoms with Crippen LogP contribution in [0.2, 0.25) is 5.02 Å². The van der Waals surface area contributed by atoms with Crippen LogP contribution in [0.25, 0.3) is 0 Å². The Bertz CT molecular complexity index is 1090. The van der Waals surface area contributed by atoms with Crippen LogP contribution < -0.4 is 19.7 Å². The summed E-state index contributed by atoms with van der Waals surface area (Å²) in [5.41, 5.74) is 3.56. The molecule has 1 heterocycles. The van der Waals surface area contributed by atoms with E-state index in [1.54, 1.807) is 12.1 Å². The normalized spacial score (nSPS) is 13.6. The van der Waals surface area contributed by atoms with E-state index in [2.05, 4.69) is 50.4 Å². The van der Waals surface area contributed by atoms with Crippen molar-refractivity contribution >= 4 is 38.9 Å². The maximum Gasteiger partial charge on any atom is 0.175 e. The number of hydrogen-bond donors (Lipinski definition) is 1. The molecule has 1 fully saturated rings. The highest BCUT2D eigenvalue weighted by atomic mass is 79.9. The van der Waals surface area contributed by atoms with Gasteiger partial charge in [0.05, 0.1) is 29.3 Å². The minimum atomic E-state index is -0.401. The standard InChI is InChI=1S/C26H27BrClFN2O3/c1-2-33-25-15-18(14-22(27)26(25)34-17-21-23(28)4-3-5-24(21)29)16-30-19-6-8-20(9-7-19)31-10-12-32-13-11-31/h3-9,14-15,30H,2,10-13,16-17H2,1H3. The van der Waals surface area contributed by atoms with E-state index in [-0.39, 0.29) is 6.61 Å². The van der Waals surface area contributed by atoms with Crippen molar-refractivity contribution in [2.75, 3.05) is 43.1 Å². The highest BCUT2D eigenvalue weighted by Gasteiger charge is 2.15. The second-order valence-electron chi connectivity index (χ2n) is 7.83. The third-order valence-corrected chi connectivity index (χ3v) is 6.48. The first-order valence-corrected chi connectivity index (χ1v) is 12.4. The lowest BCUT2D eigenvalue weighted by Crippen LogP contribution is -2.36. The van der Waals surface area contributed by atoms with E-state index in [1.807, 2.05) is 19.1 Å². The molecule has 0 aliphatic carbocycles. The lowest BCUT2D eigenvalue weighted by atomic mass is 10.2. The zero-order valence-corrected chi connectivity index (χ0v) is 21.3. The third-order valence-electron chi connectivity index (χ3n) is 5.53. The van der Waals surface area contributed by atoms with Gasteiger partial charge < -0.3 is 24.4 Å². The predicted molar refractivity (Wildman–Crippen MR) is 138 cm³/mol. The van der Waals surface area contributed by atoms with E-state index in [9.17, 15) is 4.39 Å². The van der Waals surface area contributed by atoms with Crippen molar-refractivity contribution in [1.82, 2.24) is 0 Å². The van der Waals surface area contributed by atoms with Crippen LogP contribution >= 0.6 is 27.5 Å². The fourth-order valence-corrected chi connectivity index (χ4v) is 4.58. The van der Waals surface area contributed by atoms with Gasteiger partial charge in [-0.15, -0.1) is 0 Å². The van der Waals surface area contributed by atoms with Crippen molar-refractivity contribution in [2.45, 2.75) is 20.1 Å². The van der Waals surface area contributed by atoms with E-state index < -0.39 is 5.82 Å². The van der Waals surface area contributed by atoms with Crippen molar-refractivity contribution in [1.29, 1.82) is 0 Å². The van der Waals surface area contributed by atoms with Gasteiger partial charge in [-0.2, -0.15) is 0 Å². The Morgan fingerprint density at radius 1 is 1.09 bits per heavy atom. The average Bonchev–Trinajstić information content (AvgIpc) is 2.85. The molecule has 1 N–H and O–H groups in total. The Kier molecular flexibility index (Phi) is 8.53. The van der Waals surface area contributed by atoms with Gasteiger partial charge >= 0.3 is 0 Å². The molecule has 8 heteroatoms. The van der Waals surface area contributed by atoms with Crippen LogP contribution in [0.1, 0.15) is 18.1 Å². The van der Waals surface area contributed by atoms with Gasteiger partial charge in [0, 0.05) is 36.6 Å². The molecule has 0 unspecified atom stereocenters. The first-order valence-electron chi connectivity index (χ1n) is 11.2. The number of nitrogens with zero attached hydrogens (tertiary/aromatic N) is 1. The topological polar surface area (TPSA) is 43.0 Å². The third kappa shape index (κ3) is 6.14. The quantitative estimate of drug-likeness (QED) is 0.323. The Morgan fingerprint density at radius 2 is 1.85 bits per heavy atom. The van der Waals surface area contributed by atoms with Gasteiger partial charge in [-0.1, -0.05) is 17.7 Å². The minimum absolute atomic E-state index is 0.00271. The Morgan fingerprint density at radius 3 is 2.56 bits per heavy atom. The van der Waals surface area contributed by atoms with Crippen molar-refractivity contribution in [3.8, 4) is 11.5 Å².